The molecule has 0 spiro atoms. The van der Waals surface area contributed by atoms with E-state index in [1.54, 1.807) is 0 Å². The Balaban J connectivity index is 2.38. The molecule has 102 valence electrons. The first-order valence-electron chi connectivity index (χ1n) is 6.90. The number of hydrogen-bond acceptors (Lipinski definition) is 3. The highest BCUT2D eigenvalue weighted by molar-refractivity contribution is 4.77. The Morgan fingerprint density at radius 3 is 2.35 bits per heavy atom. The fourth-order valence-corrected chi connectivity index (χ4v) is 2.77. The molecule has 1 aliphatic heterocycles. The second-order valence-electron chi connectivity index (χ2n) is 6.65. The Morgan fingerprint density at radius 2 is 1.88 bits per heavy atom. The van der Waals surface area contributed by atoms with Gasteiger partial charge in [-0.05, 0) is 44.2 Å². The molecular weight excluding hydrogens is 212 g/mol. The lowest BCUT2D eigenvalue weighted by Crippen LogP contribution is -2.41. The lowest BCUT2D eigenvalue weighted by atomic mass is 9.84. The van der Waals surface area contributed by atoms with Crippen LogP contribution in [0.1, 0.15) is 40.0 Å². The van der Waals surface area contributed by atoms with E-state index in [0.717, 1.165) is 26.3 Å². The topological polar surface area (TPSA) is 38.5 Å². The third kappa shape index (κ3) is 5.84. The summed E-state index contributed by atoms with van der Waals surface area (Å²) in [6.45, 7) is 10.6. The number of hydrogen-bond donors (Lipinski definition) is 1. The second-order valence-corrected chi connectivity index (χ2v) is 6.65. The van der Waals surface area contributed by atoms with Gasteiger partial charge in [-0.3, -0.25) is 0 Å². The van der Waals surface area contributed by atoms with Crippen molar-refractivity contribution in [1.82, 2.24) is 4.90 Å². The van der Waals surface area contributed by atoms with Crippen LogP contribution >= 0.6 is 0 Å². The zero-order valence-electron chi connectivity index (χ0n) is 12.0. The summed E-state index contributed by atoms with van der Waals surface area (Å²) in [5.41, 5.74) is 6.28. The quantitative estimate of drug-likeness (QED) is 0.802. The number of rotatable bonds is 5. The van der Waals surface area contributed by atoms with Crippen molar-refractivity contribution in [3.05, 3.63) is 0 Å². The lowest BCUT2D eigenvalue weighted by molar-refractivity contribution is 0.0365. The average molecular weight is 242 g/mol. The van der Waals surface area contributed by atoms with E-state index in [2.05, 4.69) is 32.7 Å². The summed E-state index contributed by atoms with van der Waals surface area (Å²) in [5, 5.41) is 0. The van der Waals surface area contributed by atoms with Gasteiger partial charge in [-0.15, -0.1) is 0 Å². The Hall–Kier alpha value is -0.120. The van der Waals surface area contributed by atoms with Crippen molar-refractivity contribution in [2.45, 2.75) is 46.1 Å². The maximum atomic E-state index is 5.91. The minimum absolute atomic E-state index is 0.376. The minimum atomic E-state index is 0.376. The van der Waals surface area contributed by atoms with Crippen LogP contribution in [-0.4, -0.2) is 44.3 Å². The van der Waals surface area contributed by atoms with Crippen LogP contribution in [0, 0.1) is 11.3 Å². The SMILES string of the molecule is CN(CC(CN)CC(C)(C)C)C1CCOCC1. The van der Waals surface area contributed by atoms with Gasteiger partial charge in [0.25, 0.3) is 0 Å². The molecule has 0 aromatic carbocycles. The van der Waals surface area contributed by atoms with Crippen molar-refractivity contribution in [2.75, 3.05) is 33.4 Å². The normalized spacial score (nSPS) is 20.8. The summed E-state index contributed by atoms with van der Waals surface area (Å²) in [6.07, 6.45) is 3.55. The van der Waals surface area contributed by atoms with E-state index in [-0.39, 0.29) is 0 Å². The molecule has 1 atom stereocenters. The molecule has 1 fully saturated rings. The Labute approximate surface area is 107 Å². The van der Waals surface area contributed by atoms with Gasteiger partial charge in [0.1, 0.15) is 0 Å². The van der Waals surface area contributed by atoms with Crippen molar-refractivity contribution in [2.24, 2.45) is 17.1 Å². The van der Waals surface area contributed by atoms with Crippen molar-refractivity contribution in [3.8, 4) is 0 Å². The monoisotopic (exact) mass is 242 g/mol. The molecular formula is C14H30N2O. The van der Waals surface area contributed by atoms with Gasteiger partial charge >= 0.3 is 0 Å². The van der Waals surface area contributed by atoms with Crippen molar-refractivity contribution in [1.29, 1.82) is 0 Å². The van der Waals surface area contributed by atoms with Crippen LogP contribution in [-0.2, 0) is 4.74 Å². The first-order valence-corrected chi connectivity index (χ1v) is 6.90. The van der Waals surface area contributed by atoms with E-state index in [1.165, 1.54) is 19.3 Å². The maximum Gasteiger partial charge on any atom is 0.0480 e. The van der Waals surface area contributed by atoms with Crippen LogP contribution in [0.2, 0.25) is 0 Å². The average Bonchev–Trinajstić information content (AvgIpc) is 2.27. The summed E-state index contributed by atoms with van der Waals surface area (Å²) >= 11 is 0. The molecule has 0 bridgehead atoms. The van der Waals surface area contributed by atoms with Gasteiger partial charge in [0.2, 0.25) is 0 Å². The molecule has 0 aromatic heterocycles. The smallest absolute Gasteiger partial charge is 0.0480 e. The molecule has 1 saturated heterocycles. The summed E-state index contributed by atoms with van der Waals surface area (Å²) in [4.78, 5) is 2.49. The molecule has 0 amide bonds. The van der Waals surface area contributed by atoms with E-state index in [0.29, 0.717) is 17.4 Å². The van der Waals surface area contributed by atoms with Gasteiger partial charge in [-0.1, -0.05) is 20.8 Å². The van der Waals surface area contributed by atoms with Crippen LogP contribution in [0.4, 0.5) is 0 Å². The molecule has 0 aliphatic carbocycles. The Morgan fingerprint density at radius 1 is 1.29 bits per heavy atom. The molecule has 1 aliphatic rings. The second kappa shape index (κ2) is 6.72. The maximum absolute atomic E-state index is 5.91. The van der Waals surface area contributed by atoms with Crippen LogP contribution < -0.4 is 5.73 Å². The summed E-state index contributed by atoms with van der Waals surface area (Å²) < 4.78 is 5.41. The molecule has 0 saturated carbocycles. The molecule has 0 radical (unpaired) electrons. The van der Waals surface area contributed by atoms with Crippen LogP contribution in [0.5, 0.6) is 0 Å². The third-order valence-electron chi connectivity index (χ3n) is 3.59. The molecule has 3 heteroatoms. The van der Waals surface area contributed by atoms with E-state index >= 15 is 0 Å². The van der Waals surface area contributed by atoms with E-state index in [1.807, 2.05) is 0 Å². The predicted octanol–water partition coefficient (Wildman–Crippen LogP) is 2.11. The lowest BCUT2D eigenvalue weighted by Gasteiger charge is -2.35. The number of nitrogens with zero attached hydrogens (tertiary/aromatic N) is 1. The fourth-order valence-electron chi connectivity index (χ4n) is 2.77. The molecule has 1 unspecified atom stereocenters. The largest absolute Gasteiger partial charge is 0.381 e. The fraction of sp³-hybridized carbons (Fsp3) is 1.00. The van der Waals surface area contributed by atoms with Crippen LogP contribution in [0.25, 0.3) is 0 Å². The van der Waals surface area contributed by atoms with E-state index in [4.69, 9.17) is 10.5 Å². The Kier molecular flexibility index (Phi) is 5.90. The Bertz CT molecular complexity index is 207. The zero-order chi connectivity index (χ0) is 12.9. The van der Waals surface area contributed by atoms with Gasteiger partial charge in [0.05, 0.1) is 0 Å². The van der Waals surface area contributed by atoms with Crippen molar-refractivity contribution >= 4 is 0 Å². The highest BCUT2D eigenvalue weighted by Gasteiger charge is 2.23. The third-order valence-corrected chi connectivity index (χ3v) is 3.59. The molecule has 17 heavy (non-hydrogen) atoms. The van der Waals surface area contributed by atoms with Gasteiger partial charge < -0.3 is 15.4 Å². The number of ether oxygens (including phenoxy) is 1. The van der Waals surface area contributed by atoms with Gasteiger partial charge in [-0.25, -0.2) is 0 Å². The van der Waals surface area contributed by atoms with Crippen molar-refractivity contribution < 1.29 is 4.74 Å². The van der Waals surface area contributed by atoms with Crippen LogP contribution in [0.3, 0.4) is 0 Å². The molecule has 0 aromatic rings. The van der Waals surface area contributed by atoms with Crippen LogP contribution in [0.15, 0.2) is 0 Å². The van der Waals surface area contributed by atoms with Crippen molar-refractivity contribution in [3.63, 3.8) is 0 Å². The summed E-state index contributed by atoms with van der Waals surface area (Å²) in [7, 11) is 2.24. The van der Waals surface area contributed by atoms with E-state index in [9.17, 15) is 0 Å². The first-order chi connectivity index (χ1) is 7.92. The standard InChI is InChI=1S/C14H30N2O/c1-14(2,3)9-12(10-15)11-16(4)13-5-7-17-8-6-13/h12-13H,5-11,15H2,1-4H3. The molecule has 2 N–H and O–H groups in total. The summed E-state index contributed by atoms with van der Waals surface area (Å²) in [5.74, 6) is 0.614. The highest BCUT2D eigenvalue weighted by Crippen LogP contribution is 2.25. The predicted molar refractivity (Wildman–Crippen MR) is 73.1 cm³/mol. The van der Waals surface area contributed by atoms with E-state index < -0.39 is 0 Å². The zero-order valence-corrected chi connectivity index (χ0v) is 12.0. The first kappa shape index (κ1) is 14.9. The summed E-state index contributed by atoms with van der Waals surface area (Å²) in [6, 6.07) is 0.692. The van der Waals surface area contributed by atoms with Gasteiger partial charge in [0.15, 0.2) is 0 Å². The highest BCUT2D eigenvalue weighted by atomic mass is 16.5. The minimum Gasteiger partial charge on any atom is -0.381 e. The molecule has 1 rings (SSSR count). The van der Waals surface area contributed by atoms with Gasteiger partial charge in [0, 0.05) is 25.8 Å². The molecule has 3 nitrogen and oxygen atoms in total. The number of nitrogens with two attached hydrogens (primary N) is 1. The molecule has 1 heterocycles. The van der Waals surface area contributed by atoms with Gasteiger partial charge in [-0.2, -0.15) is 0 Å².